The Kier molecular flexibility index (Phi) is 5.40. The van der Waals surface area contributed by atoms with Crippen LogP contribution in [-0.4, -0.2) is 40.5 Å². The average Bonchev–Trinajstić information content (AvgIpc) is 3.52. The number of allylic oxidation sites excluding steroid dienone is 1. The fourth-order valence-corrected chi connectivity index (χ4v) is 4.54. The van der Waals surface area contributed by atoms with Gasteiger partial charge in [-0.1, -0.05) is 0 Å². The Labute approximate surface area is 201 Å². The number of primary amides is 1. The van der Waals surface area contributed by atoms with Crippen LogP contribution in [0.1, 0.15) is 37.9 Å². The first-order chi connectivity index (χ1) is 16.6. The summed E-state index contributed by atoms with van der Waals surface area (Å²) in [5, 5.41) is 14.5. The number of amides is 1. The van der Waals surface area contributed by atoms with Crippen LogP contribution >= 0.6 is 0 Å². The predicted octanol–water partition coefficient (Wildman–Crippen LogP) is 2.35. The van der Waals surface area contributed by atoms with E-state index in [9.17, 15) is 19.1 Å². The topological polar surface area (TPSA) is 124 Å². The number of benzene rings is 1. The molecule has 2 unspecified atom stereocenters. The Hall–Kier alpha value is -3.72. The molecule has 3 aliphatic heterocycles. The molecule has 1 aromatic carbocycles. The standard InChI is InChI=1S/C26H26FN3O5/c1-25(24(28)32)13-35-23-16(25)11-21(30-22(23)14-3-5-15(27)6-4-14)26(2,33)9-7-19(31)18-12-20-17(29-18)8-10-34-20/h3-6,8,10-12,17,20,29,33H,7,9,13H2,1-2H3,(H2,28,32)/t17?,20?,25-,26-/m0/s1. The van der Waals surface area contributed by atoms with Gasteiger partial charge in [-0.3, -0.25) is 9.59 Å². The van der Waals surface area contributed by atoms with Gasteiger partial charge in [0, 0.05) is 17.5 Å². The number of nitrogens with two attached hydrogens (primary N) is 1. The molecule has 35 heavy (non-hydrogen) atoms. The second-order valence-electron chi connectivity index (χ2n) is 9.60. The van der Waals surface area contributed by atoms with Gasteiger partial charge in [0.05, 0.1) is 23.7 Å². The van der Waals surface area contributed by atoms with Crippen molar-refractivity contribution >= 4 is 11.7 Å². The van der Waals surface area contributed by atoms with Gasteiger partial charge in [-0.25, -0.2) is 9.37 Å². The molecular weight excluding hydrogens is 453 g/mol. The molecule has 0 aliphatic carbocycles. The molecule has 5 rings (SSSR count). The summed E-state index contributed by atoms with van der Waals surface area (Å²) in [4.78, 5) is 29.8. The SMILES string of the molecule is C[C@](O)(CCC(=O)C1=CC2OC=CC2N1)c1cc2c(c(-c3ccc(F)cc3)n1)OC[C@]2(C)C(N)=O. The average molecular weight is 480 g/mol. The zero-order valence-corrected chi connectivity index (χ0v) is 19.4. The van der Waals surface area contributed by atoms with Crippen LogP contribution in [0.5, 0.6) is 5.75 Å². The van der Waals surface area contributed by atoms with E-state index in [2.05, 4.69) is 10.3 Å². The van der Waals surface area contributed by atoms with Crippen LogP contribution in [0.25, 0.3) is 11.3 Å². The van der Waals surface area contributed by atoms with Crippen LogP contribution < -0.4 is 15.8 Å². The molecule has 0 bridgehead atoms. The van der Waals surface area contributed by atoms with Gasteiger partial charge in [0.2, 0.25) is 5.91 Å². The van der Waals surface area contributed by atoms with Crippen LogP contribution in [0.4, 0.5) is 4.39 Å². The molecule has 0 saturated carbocycles. The van der Waals surface area contributed by atoms with Crippen LogP contribution in [-0.2, 0) is 25.3 Å². The molecule has 4 heterocycles. The van der Waals surface area contributed by atoms with Crippen LogP contribution in [0, 0.1) is 5.82 Å². The highest BCUT2D eigenvalue weighted by molar-refractivity contribution is 5.95. The zero-order valence-electron chi connectivity index (χ0n) is 19.4. The minimum absolute atomic E-state index is 0.0241. The lowest BCUT2D eigenvalue weighted by molar-refractivity contribution is -0.123. The van der Waals surface area contributed by atoms with Gasteiger partial charge in [0.1, 0.15) is 41.0 Å². The Morgan fingerprint density at radius 3 is 2.77 bits per heavy atom. The second kappa shape index (κ2) is 8.20. The van der Waals surface area contributed by atoms with E-state index in [0.29, 0.717) is 28.3 Å². The largest absolute Gasteiger partial charge is 0.492 e. The molecule has 1 aromatic heterocycles. The highest BCUT2D eigenvalue weighted by atomic mass is 19.1. The quantitative estimate of drug-likeness (QED) is 0.557. The first kappa shape index (κ1) is 23.0. The molecule has 182 valence electrons. The summed E-state index contributed by atoms with van der Waals surface area (Å²) in [6.07, 6.45) is 5.14. The lowest BCUT2D eigenvalue weighted by Crippen LogP contribution is -2.40. The van der Waals surface area contributed by atoms with Gasteiger partial charge in [-0.2, -0.15) is 0 Å². The molecule has 9 heteroatoms. The van der Waals surface area contributed by atoms with Crippen molar-refractivity contribution in [2.24, 2.45) is 5.73 Å². The Morgan fingerprint density at radius 2 is 2.09 bits per heavy atom. The number of nitrogens with zero attached hydrogens (tertiary/aromatic N) is 1. The van der Waals surface area contributed by atoms with Crippen molar-refractivity contribution in [1.82, 2.24) is 10.3 Å². The number of Topliss-reactive ketones (excluding diaryl/α,β-unsaturated/α-hetero) is 1. The monoisotopic (exact) mass is 479 g/mol. The third-order valence-corrected chi connectivity index (χ3v) is 6.95. The maximum absolute atomic E-state index is 13.5. The van der Waals surface area contributed by atoms with E-state index < -0.39 is 22.7 Å². The highest BCUT2D eigenvalue weighted by Crippen LogP contribution is 2.46. The van der Waals surface area contributed by atoms with Crippen molar-refractivity contribution in [3.05, 3.63) is 71.5 Å². The minimum atomic E-state index is -1.51. The summed E-state index contributed by atoms with van der Waals surface area (Å²) in [7, 11) is 0. The molecular formula is C26H26FN3O5. The fourth-order valence-electron chi connectivity index (χ4n) is 4.54. The highest BCUT2D eigenvalue weighted by Gasteiger charge is 2.45. The fraction of sp³-hybridized carbons (Fsp3) is 0.346. The van der Waals surface area contributed by atoms with Crippen molar-refractivity contribution < 1.29 is 28.6 Å². The molecule has 4 N–H and O–H groups in total. The normalized spacial score (nSPS) is 25.5. The first-order valence-corrected chi connectivity index (χ1v) is 11.4. The molecule has 0 spiro atoms. The van der Waals surface area contributed by atoms with E-state index in [0.717, 1.165) is 0 Å². The number of nitrogens with one attached hydrogen (secondary N) is 1. The van der Waals surface area contributed by atoms with Gasteiger partial charge < -0.3 is 25.6 Å². The van der Waals surface area contributed by atoms with Gasteiger partial charge in [0.25, 0.3) is 0 Å². The van der Waals surface area contributed by atoms with Gasteiger partial charge in [0.15, 0.2) is 5.78 Å². The summed E-state index contributed by atoms with van der Waals surface area (Å²) in [5.74, 6) is -0.764. The molecule has 2 aromatic rings. The van der Waals surface area contributed by atoms with Crippen LogP contribution in [0.2, 0.25) is 0 Å². The van der Waals surface area contributed by atoms with E-state index in [1.54, 1.807) is 44.4 Å². The number of hydrogen-bond donors (Lipinski definition) is 3. The smallest absolute Gasteiger partial charge is 0.231 e. The molecule has 0 radical (unpaired) electrons. The second-order valence-corrected chi connectivity index (χ2v) is 9.60. The third-order valence-electron chi connectivity index (χ3n) is 6.95. The minimum Gasteiger partial charge on any atom is -0.492 e. The zero-order chi connectivity index (χ0) is 25.0. The summed E-state index contributed by atoms with van der Waals surface area (Å²) in [6, 6.07) is 7.25. The van der Waals surface area contributed by atoms with Crippen molar-refractivity contribution in [2.75, 3.05) is 6.61 Å². The number of rotatable bonds is 7. The number of carbonyl (C=O) groups is 2. The Balaban J connectivity index is 1.46. The predicted molar refractivity (Wildman–Crippen MR) is 125 cm³/mol. The van der Waals surface area contributed by atoms with Crippen molar-refractivity contribution in [3.8, 4) is 17.0 Å². The maximum Gasteiger partial charge on any atom is 0.231 e. The molecule has 8 nitrogen and oxygen atoms in total. The number of carbonyl (C=O) groups excluding carboxylic acids is 2. The van der Waals surface area contributed by atoms with Crippen molar-refractivity contribution in [2.45, 2.75) is 49.9 Å². The van der Waals surface area contributed by atoms with Crippen molar-refractivity contribution in [3.63, 3.8) is 0 Å². The summed E-state index contributed by atoms with van der Waals surface area (Å²) >= 11 is 0. The number of ether oxygens (including phenoxy) is 2. The number of aliphatic hydroxyl groups is 1. The maximum atomic E-state index is 13.5. The van der Waals surface area contributed by atoms with Crippen LogP contribution in [0.15, 0.2) is 54.4 Å². The molecule has 0 saturated heterocycles. The number of hydrogen-bond acceptors (Lipinski definition) is 7. The van der Waals surface area contributed by atoms with E-state index in [1.807, 2.05) is 6.08 Å². The number of halogens is 1. The number of aromatic nitrogens is 1. The Morgan fingerprint density at radius 1 is 1.34 bits per heavy atom. The lowest BCUT2D eigenvalue weighted by Gasteiger charge is -2.26. The van der Waals surface area contributed by atoms with Gasteiger partial charge in [-0.15, -0.1) is 0 Å². The first-order valence-electron chi connectivity index (χ1n) is 11.4. The van der Waals surface area contributed by atoms with Gasteiger partial charge in [-0.05, 0) is 62.8 Å². The number of fused-ring (bicyclic) bond motifs is 2. The summed E-state index contributed by atoms with van der Waals surface area (Å²) in [6.45, 7) is 3.26. The van der Waals surface area contributed by atoms with E-state index in [-0.39, 0.29) is 43.1 Å². The molecule has 0 fully saturated rings. The van der Waals surface area contributed by atoms with E-state index >= 15 is 0 Å². The summed E-state index contributed by atoms with van der Waals surface area (Å²) < 4.78 is 24.8. The molecule has 4 atom stereocenters. The van der Waals surface area contributed by atoms with E-state index in [4.69, 9.17) is 15.2 Å². The van der Waals surface area contributed by atoms with Crippen molar-refractivity contribution in [1.29, 1.82) is 0 Å². The van der Waals surface area contributed by atoms with Gasteiger partial charge >= 0.3 is 0 Å². The molecule has 3 aliphatic rings. The molecule has 1 amide bonds. The summed E-state index contributed by atoms with van der Waals surface area (Å²) in [5.41, 5.74) is 5.21. The number of pyridine rings is 1. The lowest BCUT2D eigenvalue weighted by atomic mass is 9.81. The number of ketones is 1. The van der Waals surface area contributed by atoms with E-state index in [1.165, 1.54) is 12.1 Å². The Bertz CT molecular complexity index is 1270. The third kappa shape index (κ3) is 3.95. The van der Waals surface area contributed by atoms with Crippen LogP contribution in [0.3, 0.4) is 0 Å².